The Hall–Kier alpha value is -1.02. The van der Waals surface area contributed by atoms with Crippen LogP contribution in [0.5, 0.6) is 0 Å². The normalized spacial score (nSPS) is 35.3. The number of nitrogens with two attached hydrogens (primary N) is 1. The van der Waals surface area contributed by atoms with Gasteiger partial charge in [-0.05, 0) is 5.56 Å². The van der Waals surface area contributed by atoms with Gasteiger partial charge in [-0.25, -0.2) is 0 Å². The highest BCUT2D eigenvalue weighted by atomic mass is 16.7. The Labute approximate surface area is 111 Å². The molecule has 1 aliphatic rings. The lowest BCUT2D eigenvalue weighted by Crippen LogP contribution is -2.62. The summed E-state index contributed by atoms with van der Waals surface area (Å²) in [7, 11) is 0. The Kier molecular flexibility index (Phi) is 4.87. The van der Waals surface area contributed by atoms with Crippen molar-refractivity contribution in [2.45, 2.75) is 37.3 Å². The van der Waals surface area contributed by atoms with Crippen LogP contribution < -0.4 is 5.73 Å². The smallest absolute Gasteiger partial charge is 0.176 e. The van der Waals surface area contributed by atoms with Gasteiger partial charge in [0.2, 0.25) is 0 Å². The van der Waals surface area contributed by atoms with E-state index < -0.39 is 37.3 Å². The summed E-state index contributed by atoms with van der Waals surface area (Å²) in [5.74, 6) is 0. The minimum absolute atomic E-state index is 0.278. The molecule has 1 fully saturated rings. The molecule has 0 bridgehead atoms. The van der Waals surface area contributed by atoms with Crippen LogP contribution in [0, 0.1) is 0 Å². The van der Waals surface area contributed by atoms with Crippen molar-refractivity contribution in [1.82, 2.24) is 0 Å². The van der Waals surface area contributed by atoms with Gasteiger partial charge in [-0.1, -0.05) is 30.3 Å². The summed E-state index contributed by atoms with van der Waals surface area (Å²) in [4.78, 5) is 0. The first kappa shape index (κ1) is 14.4. The molecule has 19 heavy (non-hydrogen) atoms. The summed E-state index contributed by atoms with van der Waals surface area (Å²) in [5, 5.41) is 28.5. The lowest BCUT2D eigenvalue weighted by atomic mass is 9.98. The maximum absolute atomic E-state index is 9.77. The van der Waals surface area contributed by atoms with Crippen molar-refractivity contribution in [3.63, 3.8) is 0 Å². The van der Waals surface area contributed by atoms with E-state index in [4.69, 9.17) is 20.3 Å². The largest absolute Gasteiger partial charge is 0.394 e. The van der Waals surface area contributed by atoms with Gasteiger partial charge in [0.15, 0.2) is 6.29 Å². The first-order chi connectivity index (χ1) is 9.13. The second-order valence-corrected chi connectivity index (χ2v) is 4.58. The summed E-state index contributed by atoms with van der Waals surface area (Å²) in [6.07, 6.45) is -4.16. The van der Waals surface area contributed by atoms with Crippen LogP contribution in [-0.4, -0.2) is 52.6 Å². The molecule has 6 heteroatoms. The zero-order valence-electron chi connectivity index (χ0n) is 10.4. The van der Waals surface area contributed by atoms with Crippen LogP contribution in [0.1, 0.15) is 5.56 Å². The van der Waals surface area contributed by atoms with Gasteiger partial charge in [0.05, 0.1) is 19.3 Å². The molecule has 1 aromatic rings. The molecule has 0 amide bonds. The molecule has 0 spiro atoms. The number of benzene rings is 1. The molecular weight excluding hydrogens is 250 g/mol. The fourth-order valence-corrected chi connectivity index (χ4v) is 2.01. The molecule has 0 unspecified atom stereocenters. The molecule has 1 aromatic carbocycles. The van der Waals surface area contributed by atoms with E-state index in [-0.39, 0.29) is 6.61 Å². The van der Waals surface area contributed by atoms with E-state index >= 15 is 0 Å². The summed E-state index contributed by atoms with van der Waals surface area (Å²) in [5.41, 5.74) is 6.70. The highest BCUT2D eigenvalue weighted by Crippen LogP contribution is 2.21. The van der Waals surface area contributed by atoms with Gasteiger partial charge in [-0.15, -0.1) is 0 Å². The number of hydrogen-bond acceptors (Lipinski definition) is 6. The zero-order chi connectivity index (χ0) is 13.8. The Balaban J connectivity index is 1.95. The first-order valence-corrected chi connectivity index (χ1v) is 6.17. The van der Waals surface area contributed by atoms with Gasteiger partial charge in [-0.3, -0.25) is 0 Å². The maximum atomic E-state index is 9.77. The van der Waals surface area contributed by atoms with Gasteiger partial charge in [0, 0.05) is 0 Å². The molecule has 106 valence electrons. The van der Waals surface area contributed by atoms with Crippen molar-refractivity contribution in [1.29, 1.82) is 0 Å². The third kappa shape index (κ3) is 3.30. The maximum Gasteiger partial charge on any atom is 0.176 e. The molecule has 0 saturated carbocycles. The van der Waals surface area contributed by atoms with Crippen LogP contribution in [0.25, 0.3) is 0 Å². The molecule has 1 aliphatic heterocycles. The molecule has 0 radical (unpaired) electrons. The van der Waals surface area contributed by atoms with Gasteiger partial charge in [0.25, 0.3) is 0 Å². The quantitative estimate of drug-likeness (QED) is 0.557. The van der Waals surface area contributed by atoms with E-state index in [1.807, 2.05) is 30.3 Å². The van der Waals surface area contributed by atoms with E-state index in [1.54, 1.807) is 0 Å². The summed E-state index contributed by atoms with van der Waals surface area (Å²) in [6.45, 7) is -0.129. The third-order valence-corrected chi connectivity index (χ3v) is 3.19. The monoisotopic (exact) mass is 269 g/mol. The van der Waals surface area contributed by atoms with Gasteiger partial charge >= 0.3 is 0 Å². The summed E-state index contributed by atoms with van der Waals surface area (Å²) < 4.78 is 10.8. The molecule has 1 heterocycles. The van der Waals surface area contributed by atoms with Crippen molar-refractivity contribution < 1.29 is 24.8 Å². The second-order valence-electron chi connectivity index (χ2n) is 4.58. The Morgan fingerprint density at radius 3 is 2.47 bits per heavy atom. The molecule has 2 rings (SSSR count). The van der Waals surface area contributed by atoms with Crippen LogP contribution >= 0.6 is 0 Å². The van der Waals surface area contributed by atoms with Crippen LogP contribution in [0.2, 0.25) is 0 Å². The number of aliphatic hydroxyl groups excluding tert-OH is 3. The van der Waals surface area contributed by atoms with E-state index in [0.717, 1.165) is 5.56 Å². The Bertz CT molecular complexity index is 386. The molecular formula is C13H19NO5. The molecule has 5 N–H and O–H groups in total. The highest BCUT2D eigenvalue weighted by Gasteiger charge is 2.42. The average molecular weight is 269 g/mol. The van der Waals surface area contributed by atoms with Crippen LogP contribution in [0.4, 0.5) is 0 Å². The van der Waals surface area contributed by atoms with Crippen LogP contribution in [0.3, 0.4) is 0 Å². The topological polar surface area (TPSA) is 105 Å². The number of hydrogen-bond donors (Lipinski definition) is 4. The standard InChI is InChI=1S/C13H19NO5/c14-10-12(17)11(16)9(6-15)19-13(10)18-7-8-4-2-1-3-5-8/h1-5,9-13,15-17H,6-7,14H2/t9-,10-,11-,12+,13-/m0/s1. The van der Waals surface area contributed by atoms with Crippen molar-refractivity contribution in [2.24, 2.45) is 5.73 Å². The predicted octanol–water partition coefficient (Wildman–Crippen LogP) is -1.03. The predicted molar refractivity (Wildman–Crippen MR) is 67.0 cm³/mol. The van der Waals surface area contributed by atoms with Gasteiger partial charge < -0.3 is 30.5 Å². The number of aliphatic hydroxyl groups is 3. The lowest BCUT2D eigenvalue weighted by Gasteiger charge is -2.40. The molecule has 6 nitrogen and oxygen atoms in total. The van der Waals surface area contributed by atoms with Crippen LogP contribution in [0.15, 0.2) is 30.3 Å². The summed E-state index contributed by atoms with van der Waals surface area (Å²) >= 11 is 0. The van der Waals surface area contributed by atoms with Gasteiger partial charge in [-0.2, -0.15) is 0 Å². The van der Waals surface area contributed by atoms with Crippen molar-refractivity contribution in [2.75, 3.05) is 6.61 Å². The zero-order valence-corrected chi connectivity index (χ0v) is 10.4. The Morgan fingerprint density at radius 1 is 1.16 bits per heavy atom. The third-order valence-electron chi connectivity index (χ3n) is 3.19. The first-order valence-electron chi connectivity index (χ1n) is 6.17. The molecule has 0 aliphatic carbocycles. The molecule has 0 aromatic heterocycles. The number of ether oxygens (including phenoxy) is 2. The number of rotatable bonds is 4. The Morgan fingerprint density at radius 2 is 1.84 bits per heavy atom. The SMILES string of the molecule is N[C@@H]1[C@@H](OCc2ccccc2)O[C@@H](CO)[C@H](O)[C@@H]1O. The fourth-order valence-electron chi connectivity index (χ4n) is 2.01. The molecule has 1 saturated heterocycles. The molecule has 5 atom stereocenters. The fraction of sp³-hybridized carbons (Fsp3) is 0.538. The second kappa shape index (κ2) is 6.42. The van der Waals surface area contributed by atoms with E-state index in [1.165, 1.54) is 0 Å². The summed E-state index contributed by atoms with van der Waals surface area (Å²) in [6, 6.07) is 8.59. The lowest BCUT2D eigenvalue weighted by molar-refractivity contribution is -0.269. The van der Waals surface area contributed by atoms with Crippen molar-refractivity contribution in [3.8, 4) is 0 Å². The van der Waals surface area contributed by atoms with E-state index in [0.29, 0.717) is 0 Å². The van der Waals surface area contributed by atoms with Crippen LogP contribution in [-0.2, 0) is 16.1 Å². The minimum Gasteiger partial charge on any atom is -0.394 e. The van der Waals surface area contributed by atoms with Crippen molar-refractivity contribution >= 4 is 0 Å². The van der Waals surface area contributed by atoms with Gasteiger partial charge in [0.1, 0.15) is 18.3 Å². The highest BCUT2D eigenvalue weighted by molar-refractivity contribution is 5.13. The average Bonchev–Trinajstić information content (AvgIpc) is 2.45. The van der Waals surface area contributed by atoms with E-state index in [2.05, 4.69) is 0 Å². The van der Waals surface area contributed by atoms with E-state index in [9.17, 15) is 10.2 Å². The minimum atomic E-state index is -1.21. The van der Waals surface area contributed by atoms with Crippen molar-refractivity contribution in [3.05, 3.63) is 35.9 Å².